The second-order valence-corrected chi connectivity index (χ2v) is 5.48. The molecule has 3 nitrogen and oxygen atoms in total. The number of carboxylic acids is 1. The highest BCUT2D eigenvalue weighted by Gasteiger charge is 2.17. The van der Waals surface area contributed by atoms with Crippen LogP contribution in [0.3, 0.4) is 0 Å². The van der Waals surface area contributed by atoms with Crippen LogP contribution in [0.2, 0.25) is 0 Å². The van der Waals surface area contributed by atoms with Crippen molar-refractivity contribution in [3.63, 3.8) is 0 Å². The number of aryl methyl sites for hydroxylation is 1. The summed E-state index contributed by atoms with van der Waals surface area (Å²) >= 11 is 1.41. The summed E-state index contributed by atoms with van der Waals surface area (Å²) in [7, 11) is 0. The molecule has 3 aromatic rings. The number of benzene rings is 2. The Bertz CT molecular complexity index is 777. The van der Waals surface area contributed by atoms with Gasteiger partial charge in [-0.2, -0.15) is 0 Å². The molecule has 0 saturated carbocycles. The Kier molecular flexibility index (Phi) is 2.80. The van der Waals surface area contributed by atoms with Gasteiger partial charge in [0.25, 0.3) is 0 Å². The number of thiazole rings is 1. The first-order valence-corrected chi connectivity index (χ1v) is 6.67. The van der Waals surface area contributed by atoms with E-state index in [2.05, 4.69) is 4.98 Å². The van der Waals surface area contributed by atoms with Gasteiger partial charge in [0.1, 0.15) is 0 Å². The van der Waals surface area contributed by atoms with E-state index in [1.807, 2.05) is 49.4 Å². The molecular weight excluding hydrogens is 258 g/mol. The molecule has 3 rings (SSSR count). The Hall–Kier alpha value is -2.20. The minimum Gasteiger partial charge on any atom is -0.476 e. The summed E-state index contributed by atoms with van der Waals surface area (Å²) in [6, 6.07) is 14.0. The average Bonchev–Trinajstić information content (AvgIpc) is 2.80. The van der Waals surface area contributed by atoms with Gasteiger partial charge in [0, 0.05) is 0 Å². The predicted octanol–water partition coefficient (Wildman–Crippen LogP) is 3.97. The van der Waals surface area contributed by atoms with Gasteiger partial charge in [-0.3, -0.25) is 0 Å². The van der Waals surface area contributed by atoms with Gasteiger partial charge in [0.15, 0.2) is 5.69 Å². The first-order valence-electron chi connectivity index (χ1n) is 5.85. The molecule has 19 heavy (non-hydrogen) atoms. The summed E-state index contributed by atoms with van der Waals surface area (Å²) in [5, 5.41) is 12.2. The van der Waals surface area contributed by atoms with Crippen LogP contribution in [-0.2, 0) is 0 Å². The van der Waals surface area contributed by atoms with E-state index in [1.165, 1.54) is 11.3 Å². The molecule has 0 unspecified atom stereocenters. The third kappa shape index (κ3) is 2.11. The highest BCUT2D eigenvalue weighted by molar-refractivity contribution is 7.15. The van der Waals surface area contributed by atoms with E-state index in [1.54, 1.807) is 0 Å². The first-order chi connectivity index (χ1) is 9.15. The number of aromatic nitrogens is 1. The monoisotopic (exact) mass is 269 g/mol. The minimum atomic E-state index is -0.979. The van der Waals surface area contributed by atoms with E-state index in [4.69, 9.17) is 0 Å². The summed E-state index contributed by atoms with van der Waals surface area (Å²) in [6.07, 6.45) is 0. The first kappa shape index (κ1) is 11.9. The topological polar surface area (TPSA) is 50.2 Å². The van der Waals surface area contributed by atoms with Gasteiger partial charge in [-0.1, -0.05) is 36.4 Å². The third-order valence-electron chi connectivity index (χ3n) is 2.95. The van der Waals surface area contributed by atoms with Crippen LogP contribution in [0.4, 0.5) is 0 Å². The van der Waals surface area contributed by atoms with E-state index in [0.717, 1.165) is 26.2 Å². The summed E-state index contributed by atoms with van der Waals surface area (Å²) in [5.74, 6) is -0.979. The van der Waals surface area contributed by atoms with Crippen molar-refractivity contribution in [1.82, 2.24) is 4.98 Å². The molecule has 0 aliphatic rings. The quantitative estimate of drug-likeness (QED) is 0.765. The number of carboxylic acid groups (broad SMARTS) is 1. The number of hydrogen-bond acceptors (Lipinski definition) is 3. The summed E-state index contributed by atoms with van der Waals surface area (Å²) in [5.41, 5.74) is 1.04. The van der Waals surface area contributed by atoms with E-state index < -0.39 is 5.97 Å². The molecule has 0 aliphatic heterocycles. The Morgan fingerprint density at radius 2 is 1.89 bits per heavy atom. The number of aromatic carboxylic acids is 1. The Labute approximate surface area is 114 Å². The van der Waals surface area contributed by atoms with Crippen LogP contribution in [0.1, 0.15) is 15.5 Å². The molecule has 0 fully saturated rings. The second-order valence-electron chi connectivity index (χ2n) is 4.28. The Balaban J connectivity index is 2.21. The van der Waals surface area contributed by atoms with Crippen LogP contribution in [-0.4, -0.2) is 16.1 Å². The van der Waals surface area contributed by atoms with Crippen LogP contribution in [0.25, 0.3) is 21.2 Å². The standard InChI is InChI=1S/C15H11NO2S/c1-9-16-13(15(17)18)14(19-9)12-7-6-10-4-2-3-5-11(10)8-12/h2-8H,1H3,(H,17,18). The fourth-order valence-electron chi connectivity index (χ4n) is 2.10. The maximum atomic E-state index is 11.2. The minimum absolute atomic E-state index is 0.137. The van der Waals surface area contributed by atoms with Gasteiger partial charge in [-0.15, -0.1) is 11.3 Å². The average molecular weight is 269 g/mol. The maximum absolute atomic E-state index is 11.2. The summed E-state index contributed by atoms with van der Waals surface area (Å²) in [4.78, 5) is 16.0. The van der Waals surface area contributed by atoms with Crippen LogP contribution >= 0.6 is 11.3 Å². The van der Waals surface area contributed by atoms with Gasteiger partial charge in [-0.25, -0.2) is 9.78 Å². The molecule has 0 bridgehead atoms. The van der Waals surface area contributed by atoms with Crippen molar-refractivity contribution < 1.29 is 9.90 Å². The van der Waals surface area contributed by atoms with Crippen molar-refractivity contribution in [3.8, 4) is 10.4 Å². The van der Waals surface area contributed by atoms with Crippen molar-refractivity contribution in [1.29, 1.82) is 0 Å². The molecule has 0 radical (unpaired) electrons. The molecule has 1 heterocycles. The molecule has 94 valence electrons. The summed E-state index contributed by atoms with van der Waals surface area (Å²) < 4.78 is 0. The van der Waals surface area contributed by atoms with Crippen molar-refractivity contribution in [2.45, 2.75) is 6.92 Å². The van der Waals surface area contributed by atoms with Gasteiger partial charge in [0.05, 0.1) is 9.88 Å². The van der Waals surface area contributed by atoms with Crippen LogP contribution in [0, 0.1) is 6.92 Å². The highest BCUT2D eigenvalue weighted by atomic mass is 32.1. The Morgan fingerprint density at radius 1 is 1.16 bits per heavy atom. The lowest BCUT2D eigenvalue weighted by atomic mass is 10.1. The van der Waals surface area contributed by atoms with Gasteiger partial charge >= 0.3 is 5.97 Å². The molecular formula is C15H11NO2S. The van der Waals surface area contributed by atoms with Gasteiger partial charge in [0.2, 0.25) is 0 Å². The zero-order chi connectivity index (χ0) is 13.4. The third-order valence-corrected chi connectivity index (χ3v) is 3.97. The van der Waals surface area contributed by atoms with Gasteiger partial charge < -0.3 is 5.11 Å². The van der Waals surface area contributed by atoms with Crippen molar-refractivity contribution >= 4 is 28.1 Å². The molecule has 2 aromatic carbocycles. The lowest BCUT2D eigenvalue weighted by Crippen LogP contribution is -1.98. The second kappa shape index (κ2) is 4.48. The fourth-order valence-corrected chi connectivity index (χ4v) is 3.01. The zero-order valence-corrected chi connectivity index (χ0v) is 11.1. The van der Waals surface area contributed by atoms with E-state index in [9.17, 15) is 9.90 Å². The van der Waals surface area contributed by atoms with Crippen LogP contribution < -0.4 is 0 Å². The lowest BCUT2D eigenvalue weighted by Gasteiger charge is -2.02. The van der Waals surface area contributed by atoms with Crippen LogP contribution in [0.5, 0.6) is 0 Å². The Morgan fingerprint density at radius 3 is 2.63 bits per heavy atom. The normalized spacial score (nSPS) is 10.8. The number of carbonyl (C=O) groups is 1. The van der Waals surface area contributed by atoms with Crippen molar-refractivity contribution in [2.24, 2.45) is 0 Å². The molecule has 0 atom stereocenters. The van der Waals surface area contributed by atoms with E-state index in [-0.39, 0.29) is 5.69 Å². The molecule has 1 N–H and O–H groups in total. The molecule has 0 spiro atoms. The molecule has 1 aromatic heterocycles. The molecule has 0 saturated heterocycles. The predicted molar refractivity (Wildman–Crippen MR) is 76.8 cm³/mol. The molecule has 4 heteroatoms. The fraction of sp³-hybridized carbons (Fsp3) is 0.0667. The highest BCUT2D eigenvalue weighted by Crippen LogP contribution is 2.32. The number of nitrogens with zero attached hydrogens (tertiary/aromatic N) is 1. The van der Waals surface area contributed by atoms with Gasteiger partial charge in [-0.05, 0) is 29.3 Å². The molecule has 0 aliphatic carbocycles. The SMILES string of the molecule is Cc1nc(C(=O)O)c(-c2ccc3ccccc3c2)s1. The summed E-state index contributed by atoms with van der Waals surface area (Å²) in [6.45, 7) is 1.82. The number of rotatable bonds is 2. The largest absolute Gasteiger partial charge is 0.476 e. The number of hydrogen-bond donors (Lipinski definition) is 1. The van der Waals surface area contributed by atoms with E-state index in [0.29, 0.717) is 0 Å². The number of fused-ring (bicyclic) bond motifs is 1. The lowest BCUT2D eigenvalue weighted by molar-refractivity contribution is 0.0692. The smallest absolute Gasteiger partial charge is 0.356 e. The van der Waals surface area contributed by atoms with E-state index >= 15 is 0 Å². The van der Waals surface area contributed by atoms with Crippen molar-refractivity contribution in [2.75, 3.05) is 0 Å². The van der Waals surface area contributed by atoms with Crippen LogP contribution in [0.15, 0.2) is 42.5 Å². The van der Waals surface area contributed by atoms with Crippen molar-refractivity contribution in [3.05, 3.63) is 53.2 Å². The molecule has 0 amide bonds. The maximum Gasteiger partial charge on any atom is 0.356 e. The zero-order valence-electron chi connectivity index (χ0n) is 10.3.